The molecular formula is C19H19N2O2. The predicted molar refractivity (Wildman–Crippen MR) is 89.0 cm³/mol. The molecule has 0 fully saturated rings. The van der Waals surface area contributed by atoms with Crippen LogP contribution in [0.15, 0.2) is 42.5 Å². The van der Waals surface area contributed by atoms with Crippen LogP contribution in [-0.4, -0.2) is 18.4 Å². The summed E-state index contributed by atoms with van der Waals surface area (Å²) in [4.78, 5) is 25.3. The smallest absolute Gasteiger partial charge is 0.231 e. The summed E-state index contributed by atoms with van der Waals surface area (Å²) in [6.07, 6.45) is 1.29. The summed E-state index contributed by atoms with van der Waals surface area (Å²) < 4.78 is 0. The van der Waals surface area contributed by atoms with E-state index in [0.717, 1.165) is 29.8 Å². The van der Waals surface area contributed by atoms with E-state index < -0.39 is 0 Å². The quantitative estimate of drug-likeness (QED) is 0.942. The van der Waals surface area contributed by atoms with Crippen LogP contribution in [0.3, 0.4) is 0 Å². The Morgan fingerprint density at radius 1 is 1.17 bits per heavy atom. The van der Waals surface area contributed by atoms with E-state index in [1.54, 1.807) is 0 Å². The van der Waals surface area contributed by atoms with Gasteiger partial charge in [-0.25, -0.2) is 0 Å². The molecule has 0 saturated carbocycles. The number of rotatable bonds is 4. The van der Waals surface area contributed by atoms with Gasteiger partial charge in [-0.3, -0.25) is 9.59 Å². The number of fused-ring (bicyclic) bond motifs is 1. The second-order valence-electron chi connectivity index (χ2n) is 5.75. The molecule has 3 rings (SSSR count). The average molecular weight is 307 g/mol. The molecule has 0 aromatic heterocycles. The lowest BCUT2D eigenvalue weighted by atomic mass is 10.1. The highest BCUT2D eigenvalue weighted by atomic mass is 16.2. The van der Waals surface area contributed by atoms with Crippen molar-refractivity contribution in [3.05, 3.63) is 65.2 Å². The van der Waals surface area contributed by atoms with Crippen LogP contribution < -0.4 is 10.2 Å². The zero-order valence-corrected chi connectivity index (χ0v) is 13.1. The molecule has 117 valence electrons. The zero-order valence-electron chi connectivity index (χ0n) is 13.1. The summed E-state index contributed by atoms with van der Waals surface area (Å²) in [6, 6.07) is 16.6. The maximum atomic E-state index is 12.5. The molecule has 0 unspecified atom stereocenters. The lowest BCUT2D eigenvalue weighted by Crippen LogP contribution is -2.30. The molecular weight excluding hydrogens is 288 g/mol. The van der Waals surface area contributed by atoms with Gasteiger partial charge in [-0.2, -0.15) is 0 Å². The van der Waals surface area contributed by atoms with E-state index in [-0.39, 0.29) is 11.8 Å². The Kier molecular flexibility index (Phi) is 4.42. The highest BCUT2D eigenvalue weighted by Gasteiger charge is 2.23. The Morgan fingerprint density at radius 3 is 2.65 bits per heavy atom. The molecule has 1 heterocycles. The largest absolute Gasteiger partial charge is 0.352 e. The van der Waals surface area contributed by atoms with Gasteiger partial charge in [0.05, 0.1) is 6.42 Å². The number of nitrogens with one attached hydrogen (secondary N) is 1. The lowest BCUT2D eigenvalue weighted by Gasteiger charge is -2.17. The van der Waals surface area contributed by atoms with E-state index in [0.29, 0.717) is 13.0 Å². The van der Waals surface area contributed by atoms with Gasteiger partial charge < -0.3 is 10.2 Å². The first-order valence-electron chi connectivity index (χ1n) is 7.75. The molecule has 0 bridgehead atoms. The third kappa shape index (κ3) is 3.59. The van der Waals surface area contributed by atoms with Gasteiger partial charge in [0.2, 0.25) is 11.8 Å². The second kappa shape index (κ2) is 6.65. The van der Waals surface area contributed by atoms with Crippen molar-refractivity contribution in [3.63, 3.8) is 0 Å². The summed E-state index contributed by atoms with van der Waals surface area (Å²) in [7, 11) is 0. The van der Waals surface area contributed by atoms with Gasteiger partial charge in [0.1, 0.15) is 0 Å². The fraction of sp³-hybridized carbons (Fsp3) is 0.263. The van der Waals surface area contributed by atoms with Crippen LogP contribution in [-0.2, 0) is 29.0 Å². The topological polar surface area (TPSA) is 49.4 Å². The second-order valence-corrected chi connectivity index (χ2v) is 5.75. The number of hydrogen-bond donors (Lipinski definition) is 1. The average Bonchev–Trinajstić information content (AvgIpc) is 2.98. The normalized spacial score (nSPS) is 12.8. The highest BCUT2D eigenvalue weighted by Crippen LogP contribution is 2.27. The van der Waals surface area contributed by atoms with E-state index in [9.17, 15) is 9.59 Å². The Balaban J connectivity index is 1.63. The van der Waals surface area contributed by atoms with Crippen molar-refractivity contribution in [2.45, 2.75) is 26.3 Å². The van der Waals surface area contributed by atoms with Crippen molar-refractivity contribution in [1.29, 1.82) is 0 Å². The van der Waals surface area contributed by atoms with E-state index in [1.165, 1.54) is 12.5 Å². The van der Waals surface area contributed by atoms with E-state index >= 15 is 0 Å². The number of anilines is 1. The van der Waals surface area contributed by atoms with Crippen molar-refractivity contribution in [2.75, 3.05) is 11.4 Å². The van der Waals surface area contributed by atoms with Crippen LogP contribution in [0.4, 0.5) is 5.69 Å². The van der Waals surface area contributed by atoms with Crippen molar-refractivity contribution >= 4 is 17.5 Å². The van der Waals surface area contributed by atoms with E-state index in [4.69, 9.17) is 0 Å². The van der Waals surface area contributed by atoms with Gasteiger partial charge in [0.15, 0.2) is 0 Å². The van der Waals surface area contributed by atoms with Gasteiger partial charge in [0, 0.05) is 25.7 Å². The highest BCUT2D eigenvalue weighted by molar-refractivity contribution is 5.96. The molecule has 0 atom stereocenters. The number of hydrogen-bond acceptors (Lipinski definition) is 2. The fourth-order valence-corrected chi connectivity index (χ4v) is 2.80. The first-order valence-corrected chi connectivity index (χ1v) is 7.75. The number of benzene rings is 2. The third-order valence-corrected chi connectivity index (χ3v) is 4.05. The molecule has 0 aliphatic carbocycles. The monoisotopic (exact) mass is 307 g/mol. The number of carbonyl (C=O) groups is 2. The Hall–Kier alpha value is -2.62. The number of carbonyl (C=O) groups excluding carboxylic acids is 2. The molecule has 0 spiro atoms. The first kappa shape index (κ1) is 15.3. The maximum absolute atomic E-state index is 12.5. The molecule has 1 radical (unpaired) electrons. The fourth-order valence-electron chi connectivity index (χ4n) is 2.80. The molecule has 23 heavy (non-hydrogen) atoms. The Morgan fingerprint density at radius 2 is 1.91 bits per heavy atom. The number of amides is 2. The van der Waals surface area contributed by atoms with Gasteiger partial charge >= 0.3 is 0 Å². The summed E-state index contributed by atoms with van der Waals surface area (Å²) in [6.45, 7) is 2.75. The minimum atomic E-state index is -0.0474. The molecule has 1 N–H and O–H groups in total. The van der Waals surface area contributed by atoms with Crippen molar-refractivity contribution in [2.24, 2.45) is 0 Å². The third-order valence-electron chi connectivity index (χ3n) is 4.05. The molecule has 1 aliphatic heterocycles. The van der Waals surface area contributed by atoms with Crippen LogP contribution in [0.1, 0.15) is 23.6 Å². The van der Waals surface area contributed by atoms with Crippen molar-refractivity contribution in [3.8, 4) is 0 Å². The molecule has 1 aliphatic rings. The van der Waals surface area contributed by atoms with Crippen molar-refractivity contribution < 1.29 is 9.59 Å². The molecule has 0 saturated heterocycles. The predicted octanol–water partition coefficient (Wildman–Crippen LogP) is 2.25. The standard InChI is InChI=1S/C19H19N2O2/c1-14(22)20-13-16-8-6-15(7-9-16)12-19(23)21-11-10-17-4-2-3-5-18(17)21/h2,4-9H,10-13H2,1H3,(H,20,22). The Bertz CT molecular complexity index is 722. The summed E-state index contributed by atoms with van der Waals surface area (Å²) in [5.74, 6) is 0.0618. The summed E-state index contributed by atoms with van der Waals surface area (Å²) in [5, 5.41) is 2.76. The van der Waals surface area contributed by atoms with E-state index in [2.05, 4.69) is 11.4 Å². The Labute approximate surface area is 136 Å². The van der Waals surface area contributed by atoms with Crippen molar-refractivity contribution in [1.82, 2.24) is 5.32 Å². The molecule has 2 amide bonds. The summed E-state index contributed by atoms with van der Waals surface area (Å²) >= 11 is 0. The van der Waals surface area contributed by atoms with Gasteiger partial charge in [-0.05, 0) is 35.2 Å². The van der Waals surface area contributed by atoms with Crippen LogP contribution in [0.25, 0.3) is 0 Å². The minimum Gasteiger partial charge on any atom is -0.352 e. The SMILES string of the molecule is CC(=O)NCc1ccc(CC(=O)N2CCc3cc[c]cc32)cc1. The lowest BCUT2D eigenvalue weighted by molar-refractivity contribution is -0.119. The molecule has 2 aromatic rings. The molecule has 2 aromatic carbocycles. The van der Waals surface area contributed by atoms with Crippen LogP contribution in [0.5, 0.6) is 0 Å². The molecule has 4 nitrogen and oxygen atoms in total. The zero-order chi connectivity index (χ0) is 16.2. The van der Waals surface area contributed by atoms with E-state index in [1.807, 2.05) is 47.4 Å². The van der Waals surface area contributed by atoms with Gasteiger partial charge in [0.25, 0.3) is 0 Å². The summed E-state index contributed by atoms with van der Waals surface area (Å²) in [5.41, 5.74) is 4.20. The van der Waals surface area contributed by atoms with Gasteiger partial charge in [-0.15, -0.1) is 0 Å². The maximum Gasteiger partial charge on any atom is 0.231 e. The van der Waals surface area contributed by atoms with Gasteiger partial charge in [-0.1, -0.05) is 36.4 Å². The van der Waals surface area contributed by atoms with Crippen LogP contribution >= 0.6 is 0 Å². The first-order chi connectivity index (χ1) is 11.1. The number of nitrogens with zero attached hydrogens (tertiary/aromatic N) is 1. The van der Waals surface area contributed by atoms with Crippen LogP contribution in [0, 0.1) is 6.07 Å². The molecule has 4 heteroatoms. The minimum absolute atomic E-state index is 0.0474. The van der Waals surface area contributed by atoms with Crippen LogP contribution in [0.2, 0.25) is 0 Å².